The lowest BCUT2D eigenvalue weighted by molar-refractivity contribution is 0.195. The molecule has 0 aromatic carbocycles. The fourth-order valence-electron chi connectivity index (χ4n) is 2.88. The minimum absolute atomic E-state index is 0.279. The molecule has 0 amide bonds. The van der Waals surface area contributed by atoms with Gasteiger partial charge in [-0.15, -0.1) is 0 Å². The van der Waals surface area contributed by atoms with E-state index in [4.69, 9.17) is 5.11 Å². The van der Waals surface area contributed by atoms with E-state index in [1.54, 1.807) is 0 Å². The highest BCUT2D eigenvalue weighted by molar-refractivity contribution is 4.61. The Labute approximate surface area is 139 Å². The van der Waals surface area contributed by atoms with Crippen molar-refractivity contribution in [3.05, 3.63) is 0 Å². The van der Waals surface area contributed by atoms with Crippen molar-refractivity contribution >= 4 is 0 Å². The first-order valence-corrected chi connectivity index (χ1v) is 9.49. The summed E-state index contributed by atoms with van der Waals surface area (Å²) in [5.41, 5.74) is 0. The van der Waals surface area contributed by atoms with Crippen molar-refractivity contribution in [1.82, 2.24) is 14.7 Å². The van der Waals surface area contributed by atoms with Gasteiger partial charge in [0.15, 0.2) is 0 Å². The van der Waals surface area contributed by atoms with E-state index in [0.29, 0.717) is 0 Å². The molecule has 0 spiro atoms. The number of aliphatic hydroxyl groups excluding tert-OH is 1. The molecule has 0 heterocycles. The Morgan fingerprint density at radius 2 is 0.818 bits per heavy atom. The van der Waals surface area contributed by atoms with Gasteiger partial charge in [-0.25, -0.2) is 0 Å². The molecular weight excluding hydrogens is 274 g/mol. The van der Waals surface area contributed by atoms with Gasteiger partial charge in [0.05, 0.1) is 6.61 Å². The van der Waals surface area contributed by atoms with Gasteiger partial charge in [-0.1, -0.05) is 27.7 Å². The van der Waals surface area contributed by atoms with Gasteiger partial charge in [-0.3, -0.25) is 0 Å². The van der Waals surface area contributed by atoms with Crippen LogP contribution >= 0.6 is 0 Å². The minimum Gasteiger partial charge on any atom is -0.395 e. The van der Waals surface area contributed by atoms with Crippen molar-refractivity contribution in [2.45, 2.75) is 53.4 Å². The van der Waals surface area contributed by atoms with E-state index in [1.165, 1.54) is 65.0 Å². The number of nitrogens with zero attached hydrogens (tertiary/aromatic N) is 3. The van der Waals surface area contributed by atoms with Crippen LogP contribution in [0.25, 0.3) is 0 Å². The van der Waals surface area contributed by atoms with Crippen LogP contribution in [0.5, 0.6) is 0 Å². The van der Waals surface area contributed by atoms with E-state index >= 15 is 0 Å². The molecule has 0 radical (unpaired) electrons. The van der Waals surface area contributed by atoms with Crippen LogP contribution in [0, 0.1) is 0 Å². The molecule has 0 fully saturated rings. The van der Waals surface area contributed by atoms with E-state index in [9.17, 15) is 0 Å². The molecule has 4 nitrogen and oxygen atoms in total. The topological polar surface area (TPSA) is 30.0 Å². The summed E-state index contributed by atoms with van der Waals surface area (Å²) in [6, 6.07) is 0. The first kappa shape index (κ1) is 21.8. The molecule has 0 aromatic heterocycles. The van der Waals surface area contributed by atoms with Gasteiger partial charge in [0.25, 0.3) is 0 Å². The summed E-state index contributed by atoms with van der Waals surface area (Å²) in [4.78, 5) is 7.43. The second-order valence-electron chi connectivity index (χ2n) is 6.03. The molecule has 0 bridgehead atoms. The maximum atomic E-state index is 8.99. The Morgan fingerprint density at radius 3 is 1.14 bits per heavy atom. The molecule has 1 N–H and O–H groups in total. The average molecular weight is 316 g/mol. The number of unbranched alkanes of at least 4 members (excludes halogenated alkanes) is 2. The molecule has 0 atom stereocenters. The minimum atomic E-state index is 0.279. The quantitative estimate of drug-likeness (QED) is 0.443. The van der Waals surface area contributed by atoms with Gasteiger partial charge >= 0.3 is 0 Å². The summed E-state index contributed by atoms with van der Waals surface area (Å²) in [5.74, 6) is 0. The monoisotopic (exact) mass is 315 g/mol. The molecule has 22 heavy (non-hydrogen) atoms. The van der Waals surface area contributed by atoms with Crippen molar-refractivity contribution in [2.75, 3.05) is 65.5 Å². The lowest BCUT2D eigenvalue weighted by Gasteiger charge is -2.23. The molecule has 0 aliphatic heterocycles. The first-order valence-electron chi connectivity index (χ1n) is 9.49. The fraction of sp³-hybridized carbons (Fsp3) is 1.00. The Hall–Kier alpha value is -0.160. The Morgan fingerprint density at radius 1 is 0.500 bits per heavy atom. The Kier molecular flexibility index (Phi) is 15.6. The third kappa shape index (κ3) is 11.4. The molecule has 0 aliphatic rings. The first-order chi connectivity index (χ1) is 10.7. The summed E-state index contributed by atoms with van der Waals surface area (Å²) >= 11 is 0. The molecule has 4 heteroatoms. The van der Waals surface area contributed by atoms with Crippen molar-refractivity contribution in [2.24, 2.45) is 0 Å². The van der Waals surface area contributed by atoms with Crippen LogP contribution in [0.3, 0.4) is 0 Å². The maximum Gasteiger partial charge on any atom is 0.0558 e. The van der Waals surface area contributed by atoms with Gasteiger partial charge in [0.2, 0.25) is 0 Å². The van der Waals surface area contributed by atoms with E-state index in [1.807, 2.05) is 0 Å². The highest BCUT2D eigenvalue weighted by Gasteiger charge is 2.05. The fourth-order valence-corrected chi connectivity index (χ4v) is 2.88. The number of hydrogen-bond donors (Lipinski definition) is 1. The highest BCUT2D eigenvalue weighted by Crippen LogP contribution is 2.02. The van der Waals surface area contributed by atoms with E-state index < -0.39 is 0 Å². The van der Waals surface area contributed by atoms with Crippen LogP contribution in [0.1, 0.15) is 53.4 Å². The summed E-state index contributed by atoms with van der Waals surface area (Å²) < 4.78 is 0. The van der Waals surface area contributed by atoms with E-state index in [2.05, 4.69) is 42.4 Å². The van der Waals surface area contributed by atoms with Gasteiger partial charge in [0, 0.05) is 6.54 Å². The number of likely N-dealkylation sites (N-methyl/N-ethyl adjacent to an activating group) is 1. The van der Waals surface area contributed by atoms with Crippen molar-refractivity contribution in [3.8, 4) is 0 Å². The van der Waals surface area contributed by atoms with E-state index in [0.717, 1.165) is 19.6 Å². The van der Waals surface area contributed by atoms with Crippen molar-refractivity contribution < 1.29 is 5.11 Å². The number of rotatable bonds is 16. The smallest absolute Gasteiger partial charge is 0.0558 e. The zero-order valence-electron chi connectivity index (χ0n) is 15.7. The zero-order chi connectivity index (χ0) is 16.6. The molecular formula is C18H41N3O. The van der Waals surface area contributed by atoms with Crippen LogP contribution in [0.15, 0.2) is 0 Å². The number of hydrogen-bond acceptors (Lipinski definition) is 4. The second-order valence-corrected chi connectivity index (χ2v) is 6.03. The molecule has 0 aromatic rings. The lowest BCUT2D eigenvalue weighted by Crippen LogP contribution is -2.30. The molecule has 0 saturated carbocycles. The van der Waals surface area contributed by atoms with Crippen LogP contribution < -0.4 is 0 Å². The van der Waals surface area contributed by atoms with Gasteiger partial charge < -0.3 is 19.8 Å². The summed E-state index contributed by atoms with van der Waals surface area (Å²) in [7, 11) is 0. The second kappa shape index (κ2) is 15.7. The maximum absolute atomic E-state index is 8.99. The van der Waals surface area contributed by atoms with Gasteiger partial charge in [-0.05, 0) is 78.0 Å². The lowest BCUT2D eigenvalue weighted by atomic mass is 10.2. The Balaban J connectivity index is 3.66. The zero-order valence-corrected chi connectivity index (χ0v) is 15.7. The van der Waals surface area contributed by atoms with Crippen LogP contribution in [0.4, 0.5) is 0 Å². The Bertz CT molecular complexity index is 222. The average Bonchev–Trinajstić information content (AvgIpc) is 2.55. The number of aliphatic hydroxyl groups is 1. The third-order valence-electron chi connectivity index (χ3n) is 4.60. The normalized spacial score (nSPS) is 12.0. The van der Waals surface area contributed by atoms with Crippen LogP contribution in [0.2, 0.25) is 0 Å². The van der Waals surface area contributed by atoms with Gasteiger partial charge in [0.1, 0.15) is 0 Å². The molecule has 0 aliphatic carbocycles. The van der Waals surface area contributed by atoms with Crippen molar-refractivity contribution in [3.63, 3.8) is 0 Å². The molecule has 134 valence electrons. The predicted octanol–water partition coefficient (Wildman–Crippen LogP) is 2.52. The van der Waals surface area contributed by atoms with Crippen LogP contribution in [-0.4, -0.2) is 85.3 Å². The summed E-state index contributed by atoms with van der Waals surface area (Å²) in [6.45, 7) is 19.4. The van der Waals surface area contributed by atoms with E-state index in [-0.39, 0.29) is 6.61 Å². The molecule has 0 unspecified atom stereocenters. The molecule has 0 saturated heterocycles. The summed E-state index contributed by atoms with van der Waals surface area (Å²) in [5, 5.41) is 8.99. The highest BCUT2D eigenvalue weighted by atomic mass is 16.3. The van der Waals surface area contributed by atoms with Crippen LogP contribution in [-0.2, 0) is 0 Å². The largest absolute Gasteiger partial charge is 0.395 e. The van der Waals surface area contributed by atoms with Gasteiger partial charge in [-0.2, -0.15) is 0 Å². The standard InChI is InChI=1S/C18H41N3O/c1-5-19(6-2)13-9-10-14-20(7-3)15-11-12-16-21(8-4)17-18-22/h22H,5-18H2,1-4H3. The summed E-state index contributed by atoms with van der Waals surface area (Å²) in [6.07, 6.45) is 5.14. The predicted molar refractivity (Wildman–Crippen MR) is 97.6 cm³/mol. The van der Waals surface area contributed by atoms with Crippen molar-refractivity contribution in [1.29, 1.82) is 0 Å². The SMILES string of the molecule is CCN(CC)CCCCN(CC)CCCCN(CC)CCO. The third-order valence-corrected chi connectivity index (χ3v) is 4.60. The molecule has 0 rings (SSSR count).